The largest absolute Gasteiger partial charge is 0.449 e. The van der Waals surface area contributed by atoms with Gasteiger partial charge in [0.05, 0.1) is 16.3 Å². The third-order valence-corrected chi connectivity index (χ3v) is 6.44. The van der Waals surface area contributed by atoms with Crippen LogP contribution in [0, 0.1) is 5.92 Å². The van der Waals surface area contributed by atoms with Crippen LogP contribution < -0.4 is 0 Å². The number of ether oxygens (including phenoxy) is 1. The van der Waals surface area contributed by atoms with Crippen LogP contribution in [0.5, 0.6) is 0 Å². The van der Waals surface area contributed by atoms with Crippen molar-refractivity contribution in [3.8, 4) is 0 Å². The molecule has 1 aliphatic carbocycles. The highest BCUT2D eigenvalue weighted by Gasteiger charge is 2.30. The van der Waals surface area contributed by atoms with E-state index in [0.717, 1.165) is 17.1 Å². The Bertz CT molecular complexity index is 604. The van der Waals surface area contributed by atoms with Crippen LogP contribution in [-0.4, -0.2) is 73.2 Å². The highest BCUT2D eigenvalue weighted by Crippen LogP contribution is 2.29. The second-order valence-corrected chi connectivity index (χ2v) is 10.0. The summed E-state index contributed by atoms with van der Waals surface area (Å²) in [5.74, 6) is 0.497. The van der Waals surface area contributed by atoms with Gasteiger partial charge in [0.2, 0.25) is 0 Å². The molecule has 0 N–H and O–H groups in total. The quantitative estimate of drug-likeness (QED) is 0.725. The summed E-state index contributed by atoms with van der Waals surface area (Å²) >= 11 is 0. The lowest BCUT2D eigenvalue weighted by molar-refractivity contribution is 0.0857. The Balaban J connectivity index is 1.87. The van der Waals surface area contributed by atoms with Crippen molar-refractivity contribution in [1.29, 1.82) is 0 Å². The molecule has 1 saturated carbocycles. The summed E-state index contributed by atoms with van der Waals surface area (Å²) < 4.78 is 45.1. The van der Waals surface area contributed by atoms with E-state index in [2.05, 4.69) is 3.77 Å². The molecule has 1 aliphatic heterocycles. The molecule has 21 heavy (non-hydrogen) atoms. The van der Waals surface area contributed by atoms with E-state index in [0.29, 0.717) is 12.5 Å². The second kappa shape index (κ2) is 6.09. The number of carbonyl (C=O) groups excluding carboxylic acids is 1. The molecular weight excluding hydrogens is 318 g/mol. The average molecular weight is 339 g/mol. The average Bonchev–Trinajstić information content (AvgIpc) is 3.17. The van der Waals surface area contributed by atoms with Gasteiger partial charge in [-0.05, 0) is 18.8 Å². The monoisotopic (exact) mass is 339 g/mol. The standard InChI is InChI=1S/C11H21N3O5S2/c1-20(2,16)12-21(17,18)14-7-5-13(6-8-14)11(15)19-9-10-3-4-10/h10H,3-9H2,1-2H3. The van der Waals surface area contributed by atoms with Gasteiger partial charge in [0, 0.05) is 38.7 Å². The lowest BCUT2D eigenvalue weighted by Gasteiger charge is -2.32. The molecule has 10 heteroatoms. The first-order valence-corrected chi connectivity index (χ1v) is 10.5. The van der Waals surface area contributed by atoms with Gasteiger partial charge in [-0.2, -0.15) is 12.7 Å². The first-order valence-electron chi connectivity index (χ1n) is 6.77. The van der Waals surface area contributed by atoms with E-state index in [-0.39, 0.29) is 26.2 Å². The van der Waals surface area contributed by atoms with Crippen molar-refractivity contribution in [1.82, 2.24) is 9.21 Å². The predicted octanol–water partition coefficient (Wildman–Crippen LogP) is 0.123. The van der Waals surface area contributed by atoms with Gasteiger partial charge in [0.25, 0.3) is 0 Å². The molecule has 122 valence electrons. The van der Waals surface area contributed by atoms with E-state index < -0.39 is 26.0 Å². The zero-order valence-electron chi connectivity index (χ0n) is 12.2. The third-order valence-electron chi connectivity index (χ3n) is 3.24. The Morgan fingerprint density at radius 3 is 2.19 bits per heavy atom. The van der Waals surface area contributed by atoms with Crippen LogP contribution >= 0.6 is 0 Å². The van der Waals surface area contributed by atoms with E-state index in [1.54, 1.807) is 0 Å². The maximum atomic E-state index is 11.9. The van der Waals surface area contributed by atoms with Crippen molar-refractivity contribution in [2.75, 3.05) is 45.3 Å². The van der Waals surface area contributed by atoms with Crippen molar-refractivity contribution < 1.29 is 22.2 Å². The van der Waals surface area contributed by atoms with Gasteiger partial charge in [-0.1, -0.05) is 3.77 Å². The maximum absolute atomic E-state index is 11.9. The number of piperazine rings is 1. The normalized spacial score (nSPS) is 21.1. The number of carbonyl (C=O) groups is 1. The van der Waals surface area contributed by atoms with Crippen molar-refractivity contribution in [2.24, 2.45) is 9.69 Å². The van der Waals surface area contributed by atoms with Crippen LogP contribution in [0.2, 0.25) is 0 Å². The van der Waals surface area contributed by atoms with E-state index in [9.17, 15) is 17.4 Å². The van der Waals surface area contributed by atoms with Crippen molar-refractivity contribution in [3.05, 3.63) is 0 Å². The van der Waals surface area contributed by atoms with Crippen LogP contribution in [-0.2, 0) is 24.7 Å². The lowest BCUT2D eigenvalue weighted by atomic mass is 10.4. The fraction of sp³-hybridized carbons (Fsp3) is 0.909. The molecule has 1 heterocycles. The Labute approximate surface area is 125 Å². The number of amides is 1. The van der Waals surface area contributed by atoms with Crippen molar-refractivity contribution >= 4 is 26.0 Å². The molecule has 0 aromatic carbocycles. The SMILES string of the molecule is CS(C)(=O)=NS(=O)(=O)N1CCN(C(=O)OCC2CC2)CC1. The first-order chi connectivity index (χ1) is 9.67. The van der Waals surface area contributed by atoms with Crippen molar-refractivity contribution in [3.63, 3.8) is 0 Å². The molecule has 2 aliphatic rings. The molecule has 0 unspecified atom stereocenters. The topological polar surface area (TPSA) is 96.4 Å². The zero-order chi connectivity index (χ0) is 15.7. The smallest absolute Gasteiger partial charge is 0.409 e. The molecule has 0 aromatic rings. The van der Waals surface area contributed by atoms with Crippen LogP contribution in [0.3, 0.4) is 0 Å². The minimum absolute atomic E-state index is 0.139. The number of hydrogen-bond acceptors (Lipinski definition) is 5. The summed E-state index contributed by atoms with van der Waals surface area (Å²) in [5, 5.41) is 0. The Morgan fingerprint density at radius 2 is 1.71 bits per heavy atom. The van der Waals surface area contributed by atoms with Gasteiger partial charge < -0.3 is 9.64 Å². The van der Waals surface area contributed by atoms with Gasteiger partial charge >= 0.3 is 16.3 Å². The number of nitrogens with zero attached hydrogens (tertiary/aromatic N) is 3. The zero-order valence-corrected chi connectivity index (χ0v) is 13.9. The number of rotatable bonds is 4. The van der Waals surface area contributed by atoms with E-state index in [1.165, 1.54) is 17.4 Å². The molecule has 2 rings (SSSR count). The maximum Gasteiger partial charge on any atom is 0.409 e. The first kappa shape index (κ1) is 16.5. The van der Waals surface area contributed by atoms with Crippen molar-refractivity contribution in [2.45, 2.75) is 12.8 Å². The Morgan fingerprint density at radius 1 is 1.14 bits per heavy atom. The van der Waals surface area contributed by atoms with Gasteiger partial charge in [0.1, 0.15) is 0 Å². The molecule has 0 spiro atoms. The lowest BCUT2D eigenvalue weighted by Crippen LogP contribution is -2.50. The highest BCUT2D eigenvalue weighted by atomic mass is 32.3. The van der Waals surface area contributed by atoms with Crippen LogP contribution in [0.25, 0.3) is 0 Å². The molecule has 0 aromatic heterocycles. The van der Waals surface area contributed by atoms with Gasteiger partial charge in [-0.25, -0.2) is 9.00 Å². The molecule has 2 fully saturated rings. The summed E-state index contributed by atoms with van der Waals surface area (Å²) in [6.45, 7) is 1.24. The highest BCUT2D eigenvalue weighted by molar-refractivity contribution is 8.01. The van der Waals surface area contributed by atoms with Crippen LogP contribution in [0.1, 0.15) is 12.8 Å². The molecule has 8 nitrogen and oxygen atoms in total. The Hall–Kier alpha value is -0.870. The van der Waals surface area contributed by atoms with E-state index in [4.69, 9.17) is 4.74 Å². The Kier molecular flexibility index (Phi) is 4.79. The predicted molar refractivity (Wildman–Crippen MR) is 78.6 cm³/mol. The summed E-state index contributed by atoms with van der Waals surface area (Å²) in [6.07, 6.45) is 4.36. The third kappa shape index (κ3) is 5.11. The second-order valence-electron chi connectivity index (χ2n) is 5.64. The van der Waals surface area contributed by atoms with Gasteiger partial charge in [-0.15, -0.1) is 0 Å². The summed E-state index contributed by atoms with van der Waals surface area (Å²) in [6, 6.07) is 0. The molecule has 1 saturated heterocycles. The molecular formula is C11H21N3O5S2. The van der Waals surface area contributed by atoms with E-state index >= 15 is 0 Å². The molecule has 0 radical (unpaired) electrons. The summed E-state index contributed by atoms with van der Waals surface area (Å²) in [7, 11) is -6.63. The molecule has 1 amide bonds. The van der Waals surface area contributed by atoms with Gasteiger partial charge in [0.15, 0.2) is 0 Å². The fourth-order valence-corrected chi connectivity index (χ4v) is 4.76. The minimum Gasteiger partial charge on any atom is -0.449 e. The summed E-state index contributed by atoms with van der Waals surface area (Å²) in [5.41, 5.74) is 0. The minimum atomic E-state index is -3.90. The molecule has 0 atom stereocenters. The van der Waals surface area contributed by atoms with Gasteiger partial charge in [-0.3, -0.25) is 0 Å². The van der Waals surface area contributed by atoms with E-state index in [1.807, 2.05) is 0 Å². The molecule has 0 bridgehead atoms. The van der Waals surface area contributed by atoms with Crippen LogP contribution in [0.15, 0.2) is 3.77 Å². The number of hydrogen-bond donors (Lipinski definition) is 0. The summed E-state index contributed by atoms with van der Waals surface area (Å²) in [4.78, 5) is 13.3. The fourth-order valence-electron chi connectivity index (χ4n) is 1.94. The van der Waals surface area contributed by atoms with Crippen LogP contribution in [0.4, 0.5) is 4.79 Å².